The average molecular weight is 324 g/mol. The Labute approximate surface area is 119 Å². The van der Waals surface area contributed by atoms with E-state index in [9.17, 15) is 0 Å². The number of hydrogen-bond acceptors (Lipinski definition) is 5. The molecule has 1 aromatic heterocycles. The van der Waals surface area contributed by atoms with Crippen molar-refractivity contribution in [2.45, 2.75) is 6.42 Å². The van der Waals surface area contributed by atoms with Crippen LogP contribution in [0, 0.1) is 0 Å². The van der Waals surface area contributed by atoms with Crippen LogP contribution in [0.2, 0.25) is 0 Å². The van der Waals surface area contributed by atoms with Crippen LogP contribution in [0.25, 0.3) is 0 Å². The lowest BCUT2D eigenvalue weighted by atomic mass is 10.1. The number of anilines is 1. The van der Waals surface area contributed by atoms with Crippen molar-refractivity contribution in [1.29, 1.82) is 0 Å². The van der Waals surface area contributed by atoms with Gasteiger partial charge in [-0.15, -0.1) is 0 Å². The third-order valence-electron chi connectivity index (χ3n) is 2.50. The maximum absolute atomic E-state index is 9.05. The lowest BCUT2D eigenvalue weighted by Crippen LogP contribution is -2.00. The minimum Gasteiger partial charge on any atom is -0.437 e. The standard InChI is InChI=1S/C13H14BrN3O2/c1-15-13-16-8-10(14)12(17-13)19-11-5-3-2-4-9(11)6-7-18/h2-5,8,18H,6-7H2,1H3,(H,15,16,17). The van der Waals surface area contributed by atoms with Gasteiger partial charge < -0.3 is 15.2 Å². The summed E-state index contributed by atoms with van der Waals surface area (Å²) in [7, 11) is 1.74. The lowest BCUT2D eigenvalue weighted by molar-refractivity contribution is 0.297. The number of rotatable bonds is 5. The highest BCUT2D eigenvalue weighted by Crippen LogP contribution is 2.30. The Kier molecular flexibility index (Phi) is 4.70. The van der Waals surface area contributed by atoms with Gasteiger partial charge in [-0.05, 0) is 34.0 Å². The van der Waals surface area contributed by atoms with E-state index in [1.165, 1.54) is 0 Å². The quantitative estimate of drug-likeness (QED) is 0.885. The molecule has 0 spiro atoms. The largest absolute Gasteiger partial charge is 0.437 e. The zero-order chi connectivity index (χ0) is 13.7. The number of ether oxygens (including phenoxy) is 1. The minimum absolute atomic E-state index is 0.0765. The molecule has 1 heterocycles. The normalized spacial score (nSPS) is 10.3. The molecule has 0 saturated heterocycles. The first-order chi connectivity index (χ1) is 9.24. The van der Waals surface area contributed by atoms with Crippen molar-refractivity contribution in [2.24, 2.45) is 0 Å². The second kappa shape index (κ2) is 6.49. The van der Waals surface area contributed by atoms with Crippen LogP contribution >= 0.6 is 15.9 Å². The molecule has 0 bridgehead atoms. The average Bonchev–Trinajstić information content (AvgIpc) is 2.43. The van der Waals surface area contributed by atoms with Crippen LogP contribution in [-0.2, 0) is 6.42 Å². The number of aliphatic hydroxyl groups excluding tert-OH is 1. The molecule has 0 fully saturated rings. The van der Waals surface area contributed by atoms with Gasteiger partial charge in [0.1, 0.15) is 5.75 Å². The summed E-state index contributed by atoms with van der Waals surface area (Å²) in [5.74, 6) is 1.60. The first kappa shape index (κ1) is 13.8. The predicted molar refractivity (Wildman–Crippen MR) is 76.6 cm³/mol. The number of aromatic nitrogens is 2. The molecule has 0 saturated carbocycles. The van der Waals surface area contributed by atoms with E-state index in [2.05, 4.69) is 31.2 Å². The number of halogens is 1. The van der Waals surface area contributed by atoms with Gasteiger partial charge in [0, 0.05) is 13.7 Å². The molecule has 0 radical (unpaired) electrons. The molecule has 0 unspecified atom stereocenters. The molecule has 2 rings (SSSR count). The smallest absolute Gasteiger partial charge is 0.238 e. The van der Waals surface area contributed by atoms with Crippen LogP contribution in [0.15, 0.2) is 34.9 Å². The minimum atomic E-state index is 0.0765. The van der Waals surface area contributed by atoms with E-state index in [1.807, 2.05) is 24.3 Å². The zero-order valence-electron chi connectivity index (χ0n) is 10.4. The van der Waals surface area contributed by atoms with Gasteiger partial charge in [-0.25, -0.2) is 4.98 Å². The van der Waals surface area contributed by atoms with Crippen LogP contribution in [-0.4, -0.2) is 28.7 Å². The van der Waals surface area contributed by atoms with Crippen LogP contribution in [0.4, 0.5) is 5.95 Å². The molecule has 19 heavy (non-hydrogen) atoms. The van der Waals surface area contributed by atoms with E-state index in [-0.39, 0.29) is 6.61 Å². The molecule has 1 aromatic carbocycles. The van der Waals surface area contributed by atoms with Gasteiger partial charge >= 0.3 is 0 Å². The van der Waals surface area contributed by atoms with Crippen LogP contribution in [0.1, 0.15) is 5.56 Å². The van der Waals surface area contributed by atoms with E-state index in [1.54, 1.807) is 13.2 Å². The third kappa shape index (κ3) is 3.42. The SMILES string of the molecule is CNc1ncc(Br)c(Oc2ccccc2CCO)n1. The predicted octanol–water partition coefficient (Wildman–Crippen LogP) is 2.61. The van der Waals surface area contributed by atoms with E-state index >= 15 is 0 Å². The van der Waals surface area contributed by atoms with Crippen molar-refractivity contribution >= 4 is 21.9 Å². The summed E-state index contributed by atoms with van der Waals surface area (Å²) in [6.07, 6.45) is 2.17. The summed E-state index contributed by atoms with van der Waals surface area (Å²) in [6.45, 7) is 0.0765. The Bertz CT molecular complexity index is 563. The number of nitrogens with zero attached hydrogens (tertiary/aromatic N) is 2. The van der Waals surface area contributed by atoms with E-state index < -0.39 is 0 Å². The monoisotopic (exact) mass is 323 g/mol. The molecule has 0 atom stereocenters. The highest BCUT2D eigenvalue weighted by molar-refractivity contribution is 9.10. The van der Waals surface area contributed by atoms with Gasteiger partial charge in [0.15, 0.2) is 0 Å². The van der Waals surface area contributed by atoms with E-state index in [4.69, 9.17) is 9.84 Å². The molecule has 100 valence electrons. The summed E-state index contributed by atoms with van der Waals surface area (Å²) in [5, 5.41) is 11.9. The van der Waals surface area contributed by atoms with Gasteiger partial charge in [-0.3, -0.25) is 0 Å². The van der Waals surface area contributed by atoms with E-state index in [0.29, 0.717) is 28.5 Å². The number of para-hydroxylation sites is 1. The number of aliphatic hydroxyl groups is 1. The van der Waals surface area contributed by atoms with E-state index in [0.717, 1.165) is 5.56 Å². The summed E-state index contributed by atoms with van der Waals surface area (Å²) < 4.78 is 6.46. The van der Waals surface area contributed by atoms with Crippen LogP contribution < -0.4 is 10.1 Å². The molecular formula is C13H14BrN3O2. The number of hydrogen-bond donors (Lipinski definition) is 2. The fourth-order valence-electron chi connectivity index (χ4n) is 1.58. The lowest BCUT2D eigenvalue weighted by Gasteiger charge is -2.11. The molecule has 0 aliphatic carbocycles. The highest BCUT2D eigenvalue weighted by Gasteiger charge is 2.09. The van der Waals surface area contributed by atoms with Crippen molar-refractivity contribution in [2.75, 3.05) is 19.0 Å². The van der Waals surface area contributed by atoms with Crippen molar-refractivity contribution in [3.63, 3.8) is 0 Å². The topological polar surface area (TPSA) is 67.3 Å². The zero-order valence-corrected chi connectivity index (χ0v) is 12.0. The van der Waals surface area contributed by atoms with Gasteiger partial charge in [-0.1, -0.05) is 18.2 Å². The van der Waals surface area contributed by atoms with Gasteiger partial charge in [0.2, 0.25) is 11.8 Å². The van der Waals surface area contributed by atoms with Gasteiger partial charge in [-0.2, -0.15) is 4.98 Å². The first-order valence-corrected chi connectivity index (χ1v) is 6.61. The Hall–Kier alpha value is -1.66. The van der Waals surface area contributed by atoms with Crippen LogP contribution in [0.5, 0.6) is 11.6 Å². The molecule has 0 aliphatic heterocycles. The first-order valence-electron chi connectivity index (χ1n) is 5.81. The second-order valence-electron chi connectivity index (χ2n) is 3.78. The van der Waals surface area contributed by atoms with Crippen molar-refractivity contribution in [3.05, 3.63) is 40.5 Å². The molecular weight excluding hydrogens is 310 g/mol. The summed E-state index contributed by atoms with van der Waals surface area (Å²) in [6, 6.07) is 7.55. The molecule has 6 heteroatoms. The molecule has 5 nitrogen and oxygen atoms in total. The maximum atomic E-state index is 9.05. The Morgan fingerprint density at radius 2 is 2.16 bits per heavy atom. The fraction of sp³-hybridized carbons (Fsp3) is 0.231. The summed E-state index contributed by atoms with van der Waals surface area (Å²) >= 11 is 3.35. The Morgan fingerprint density at radius 1 is 1.37 bits per heavy atom. The number of benzene rings is 1. The van der Waals surface area contributed by atoms with Crippen molar-refractivity contribution in [1.82, 2.24) is 9.97 Å². The molecule has 0 aliphatic rings. The second-order valence-corrected chi connectivity index (χ2v) is 4.63. The Balaban J connectivity index is 2.30. The Morgan fingerprint density at radius 3 is 2.89 bits per heavy atom. The molecule has 0 amide bonds. The van der Waals surface area contributed by atoms with Crippen LogP contribution in [0.3, 0.4) is 0 Å². The highest BCUT2D eigenvalue weighted by atomic mass is 79.9. The third-order valence-corrected chi connectivity index (χ3v) is 3.04. The molecule has 2 aromatic rings. The maximum Gasteiger partial charge on any atom is 0.238 e. The fourth-order valence-corrected chi connectivity index (χ4v) is 1.85. The van der Waals surface area contributed by atoms with Crippen molar-refractivity contribution in [3.8, 4) is 11.6 Å². The van der Waals surface area contributed by atoms with Gasteiger partial charge in [0.05, 0.1) is 10.7 Å². The van der Waals surface area contributed by atoms with Gasteiger partial charge in [0.25, 0.3) is 0 Å². The molecule has 2 N–H and O–H groups in total. The summed E-state index contributed by atoms with van der Waals surface area (Å²) in [4.78, 5) is 8.30. The summed E-state index contributed by atoms with van der Waals surface area (Å²) in [5.41, 5.74) is 0.932. The van der Waals surface area contributed by atoms with Crippen molar-refractivity contribution < 1.29 is 9.84 Å². The number of nitrogens with one attached hydrogen (secondary N) is 1.